The molecular weight excluding hydrogens is 310 g/mol. The van der Waals surface area contributed by atoms with Gasteiger partial charge in [-0.15, -0.1) is 0 Å². The van der Waals surface area contributed by atoms with E-state index >= 15 is 0 Å². The van der Waals surface area contributed by atoms with Crippen LogP contribution in [0.3, 0.4) is 0 Å². The number of carbonyl (C=O) groups excluding carboxylic acids is 4. The summed E-state index contributed by atoms with van der Waals surface area (Å²) in [4.78, 5) is 51.2. The number of amides is 4. The van der Waals surface area contributed by atoms with Gasteiger partial charge in [0.25, 0.3) is 11.8 Å². The maximum Gasteiger partial charge on any atom is 0.262 e. The van der Waals surface area contributed by atoms with E-state index < -0.39 is 17.7 Å². The zero-order chi connectivity index (χ0) is 17.4. The second-order valence-electron chi connectivity index (χ2n) is 6.35. The highest BCUT2D eigenvalue weighted by Crippen LogP contribution is 2.22. The van der Waals surface area contributed by atoms with Crippen LogP contribution in [0.5, 0.6) is 0 Å². The Morgan fingerprint density at radius 3 is 2.25 bits per heavy atom. The summed E-state index contributed by atoms with van der Waals surface area (Å²) in [6, 6.07) is 6.29. The Balaban J connectivity index is 1.62. The lowest BCUT2D eigenvalue weighted by Crippen LogP contribution is -2.45. The van der Waals surface area contributed by atoms with Gasteiger partial charge in [0.2, 0.25) is 11.8 Å². The first-order valence-corrected chi connectivity index (χ1v) is 7.92. The van der Waals surface area contributed by atoms with Crippen molar-refractivity contribution in [2.24, 2.45) is 0 Å². The molecule has 2 heterocycles. The van der Waals surface area contributed by atoms with Crippen molar-refractivity contribution in [3.63, 3.8) is 0 Å². The molecule has 1 N–H and O–H groups in total. The molecule has 0 saturated carbocycles. The number of rotatable bonds is 4. The first kappa shape index (κ1) is 16.2. The maximum absolute atomic E-state index is 12.2. The van der Waals surface area contributed by atoms with Crippen molar-refractivity contribution in [1.82, 2.24) is 15.1 Å². The lowest BCUT2D eigenvalue weighted by molar-refractivity contribution is -0.129. The van der Waals surface area contributed by atoms with Gasteiger partial charge in [-0.2, -0.15) is 0 Å². The second-order valence-corrected chi connectivity index (χ2v) is 6.35. The lowest BCUT2D eigenvalue weighted by Gasteiger charge is -2.21. The van der Waals surface area contributed by atoms with E-state index in [-0.39, 0.29) is 31.0 Å². The molecular formula is C17H19N3O4. The topological polar surface area (TPSA) is 86.8 Å². The van der Waals surface area contributed by atoms with E-state index in [0.717, 1.165) is 4.90 Å². The fourth-order valence-corrected chi connectivity index (χ4v) is 3.13. The summed E-state index contributed by atoms with van der Waals surface area (Å²) in [6.07, 6.45) is 0.242. The molecule has 0 aromatic heterocycles. The third-order valence-electron chi connectivity index (χ3n) is 4.33. The lowest BCUT2D eigenvalue weighted by atomic mass is 10.1. The van der Waals surface area contributed by atoms with Gasteiger partial charge in [0.1, 0.15) is 6.54 Å². The van der Waals surface area contributed by atoms with Gasteiger partial charge in [0, 0.05) is 19.0 Å². The third kappa shape index (κ3) is 2.77. The monoisotopic (exact) mass is 329 g/mol. The van der Waals surface area contributed by atoms with E-state index in [9.17, 15) is 19.2 Å². The van der Waals surface area contributed by atoms with E-state index in [2.05, 4.69) is 5.32 Å². The number of likely N-dealkylation sites (tertiary alicyclic amines) is 1. The highest BCUT2D eigenvalue weighted by atomic mass is 16.2. The van der Waals surface area contributed by atoms with Crippen LogP contribution in [0.2, 0.25) is 0 Å². The number of hydrogen-bond acceptors (Lipinski definition) is 4. The van der Waals surface area contributed by atoms with Crippen molar-refractivity contribution in [3.05, 3.63) is 35.4 Å². The Labute approximate surface area is 139 Å². The van der Waals surface area contributed by atoms with Crippen molar-refractivity contribution in [3.8, 4) is 0 Å². The Bertz CT molecular complexity index is 693. The Hall–Kier alpha value is -2.70. The van der Waals surface area contributed by atoms with Crippen molar-refractivity contribution in [2.45, 2.75) is 32.4 Å². The van der Waals surface area contributed by atoms with Gasteiger partial charge in [-0.05, 0) is 26.0 Å². The smallest absolute Gasteiger partial charge is 0.262 e. The molecule has 0 spiro atoms. The van der Waals surface area contributed by atoms with Gasteiger partial charge in [-0.3, -0.25) is 24.1 Å². The summed E-state index contributed by atoms with van der Waals surface area (Å²) in [5.74, 6) is -1.36. The minimum absolute atomic E-state index is 0.00368. The van der Waals surface area contributed by atoms with Crippen LogP contribution in [0.4, 0.5) is 0 Å². The summed E-state index contributed by atoms with van der Waals surface area (Å²) >= 11 is 0. The second kappa shape index (κ2) is 6.07. The molecule has 1 atom stereocenters. The van der Waals surface area contributed by atoms with Gasteiger partial charge in [-0.25, -0.2) is 0 Å². The van der Waals surface area contributed by atoms with Gasteiger partial charge < -0.3 is 10.2 Å². The van der Waals surface area contributed by atoms with Crippen LogP contribution in [0, 0.1) is 0 Å². The van der Waals surface area contributed by atoms with Crippen molar-refractivity contribution in [2.75, 3.05) is 13.1 Å². The summed E-state index contributed by atoms with van der Waals surface area (Å²) < 4.78 is 0. The largest absolute Gasteiger partial charge is 0.350 e. The quantitative estimate of drug-likeness (QED) is 0.811. The predicted octanol–water partition coefficient (Wildman–Crippen LogP) is 0.408. The summed E-state index contributed by atoms with van der Waals surface area (Å²) in [6.45, 7) is 3.95. The summed E-state index contributed by atoms with van der Waals surface area (Å²) in [5.41, 5.74) is 0.634. The molecule has 1 unspecified atom stereocenters. The van der Waals surface area contributed by atoms with Crippen LogP contribution in [0.25, 0.3) is 0 Å². The first-order chi connectivity index (χ1) is 11.4. The standard InChI is InChI=1S/C17H19N3O4/c1-10(2)19-8-11(7-15(19)22)18-14(21)9-20-16(23)12-5-3-4-6-13(12)17(20)24/h3-6,10-11H,7-9H2,1-2H3,(H,18,21). The molecule has 2 aliphatic rings. The summed E-state index contributed by atoms with van der Waals surface area (Å²) in [7, 11) is 0. The van der Waals surface area contributed by atoms with Gasteiger partial charge in [-0.1, -0.05) is 12.1 Å². The number of imide groups is 1. The van der Waals surface area contributed by atoms with E-state index in [0.29, 0.717) is 17.7 Å². The van der Waals surface area contributed by atoms with Crippen LogP contribution in [0.1, 0.15) is 41.0 Å². The average Bonchev–Trinajstić information content (AvgIpc) is 3.01. The normalized spacial score (nSPS) is 20.1. The van der Waals surface area contributed by atoms with E-state index in [1.807, 2.05) is 13.8 Å². The molecule has 4 amide bonds. The zero-order valence-electron chi connectivity index (χ0n) is 13.6. The van der Waals surface area contributed by atoms with Crippen LogP contribution in [-0.2, 0) is 9.59 Å². The minimum Gasteiger partial charge on any atom is -0.350 e. The number of benzene rings is 1. The molecule has 24 heavy (non-hydrogen) atoms. The number of hydrogen-bond donors (Lipinski definition) is 1. The SMILES string of the molecule is CC(C)N1CC(NC(=O)CN2C(=O)c3ccccc3C2=O)CC1=O. The molecule has 0 bridgehead atoms. The fourth-order valence-electron chi connectivity index (χ4n) is 3.13. The predicted molar refractivity (Wildman–Crippen MR) is 85.2 cm³/mol. The average molecular weight is 329 g/mol. The van der Waals surface area contributed by atoms with Crippen molar-refractivity contribution >= 4 is 23.6 Å². The Morgan fingerprint density at radius 1 is 1.17 bits per heavy atom. The molecule has 126 valence electrons. The zero-order valence-corrected chi connectivity index (χ0v) is 13.6. The summed E-state index contributed by atoms with van der Waals surface area (Å²) in [5, 5.41) is 2.74. The van der Waals surface area contributed by atoms with Crippen LogP contribution < -0.4 is 5.32 Å². The molecule has 1 fully saturated rings. The Morgan fingerprint density at radius 2 is 1.75 bits per heavy atom. The Kier molecular flexibility index (Phi) is 4.09. The van der Waals surface area contributed by atoms with E-state index in [4.69, 9.17) is 0 Å². The van der Waals surface area contributed by atoms with Gasteiger partial charge >= 0.3 is 0 Å². The molecule has 2 aliphatic heterocycles. The number of nitrogens with one attached hydrogen (secondary N) is 1. The minimum atomic E-state index is -0.461. The third-order valence-corrected chi connectivity index (χ3v) is 4.33. The molecule has 1 aromatic carbocycles. The number of nitrogens with zero attached hydrogens (tertiary/aromatic N) is 2. The van der Waals surface area contributed by atoms with Gasteiger partial charge in [0.15, 0.2) is 0 Å². The van der Waals surface area contributed by atoms with E-state index in [1.54, 1.807) is 29.2 Å². The van der Waals surface area contributed by atoms with Crippen molar-refractivity contribution < 1.29 is 19.2 Å². The van der Waals surface area contributed by atoms with Gasteiger partial charge in [0.05, 0.1) is 17.2 Å². The maximum atomic E-state index is 12.2. The van der Waals surface area contributed by atoms with E-state index in [1.165, 1.54) is 0 Å². The first-order valence-electron chi connectivity index (χ1n) is 7.92. The highest BCUT2D eigenvalue weighted by Gasteiger charge is 2.37. The molecule has 0 radical (unpaired) electrons. The molecule has 7 heteroatoms. The molecule has 3 rings (SSSR count). The van der Waals surface area contributed by atoms with Crippen LogP contribution in [-0.4, -0.2) is 58.6 Å². The fraction of sp³-hybridized carbons (Fsp3) is 0.412. The molecule has 1 aromatic rings. The van der Waals surface area contributed by atoms with Crippen LogP contribution >= 0.6 is 0 Å². The van der Waals surface area contributed by atoms with Crippen LogP contribution in [0.15, 0.2) is 24.3 Å². The molecule has 0 aliphatic carbocycles. The van der Waals surface area contributed by atoms with Crippen molar-refractivity contribution in [1.29, 1.82) is 0 Å². The number of fused-ring (bicyclic) bond motifs is 1. The molecule has 1 saturated heterocycles. The number of carbonyl (C=O) groups is 4. The molecule has 7 nitrogen and oxygen atoms in total. The highest BCUT2D eigenvalue weighted by molar-refractivity contribution is 6.22.